The lowest BCUT2D eigenvalue weighted by atomic mass is 9.93. The van der Waals surface area contributed by atoms with Gasteiger partial charge in [-0.3, -0.25) is 14.6 Å². The number of alkyl halides is 3. The Balaban J connectivity index is 1.29. The molecule has 4 unspecified atom stereocenters. The van der Waals surface area contributed by atoms with E-state index in [1.807, 2.05) is 6.92 Å². The summed E-state index contributed by atoms with van der Waals surface area (Å²) in [7, 11) is 0. The molecule has 0 saturated heterocycles. The number of nitrogens with zero attached hydrogens (tertiary/aromatic N) is 2. The molecule has 1 aromatic heterocycles. The molecule has 200 valence electrons. The zero-order valence-electron chi connectivity index (χ0n) is 21.1. The number of carbonyl (C=O) groups excluding carboxylic acids is 2. The Morgan fingerprint density at radius 3 is 2.64 bits per heavy atom. The van der Waals surface area contributed by atoms with E-state index in [-0.39, 0.29) is 48.8 Å². The van der Waals surface area contributed by atoms with Crippen LogP contribution in [0.5, 0.6) is 0 Å². The molecular weight excluding hydrogens is 471 g/mol. The molecule has 4 atom stereocenters. The number of amides is 1. The number of carbonyl (C=O) groups is 2. The largest absolute Gasteiger partial charge is 0.417 e. The van der Waals surface area contributed by atoms with Gasteiger partial charge in [-0.05, 0) is 56.6 Å². The van der Waals surface area contributed by atoms with Gasteiger partial charge in [-0.2, -0.15) is 13.2 Å². The van der Waals surface area contributed by atoms with Gasteiger partial charge in [0, 0.05) is 61.9 Å². The van der Waals surface area contributed by atoms with Crippen LogP contribution in [0.4, 0.5) is 13.2 Å². The van der Waals surface area contributed by atoms with E-state index in [1.165, 1.54) is 0 Å². The second-order valence-electron chi connectivity index (χ2n) is 10.6. The molecule has 1 N–H and O–H groups in total. The molecular formula is C27H38F3N3O3. The summed E-state index contributed by atoms with van der Waals surface area (Å²) < 4.78 is 44.8. The first-order chi connectivity index (χ1) is 17.2. The Kier molecular flexibility index (Phi) is 9.04. The zero-order chi connectivity index (χ0) is 25.7. The van der Waals surface area contributed by atoms with Crippen LogP contribution in [0, 0.1) is 11.8 Å². The van der Waals surface area contributed by atoms with Crippen LogP contribution in [0.3, 0.4) is 0 Å². The summed E-state index contributed by atoms with van der Waals surface area (Å²) in [6.45, 7) is 3.52. The van der Waals surface area contributed by atoms with Crippen LogP contribution < -0.4 is 5.32 Å². The predicted octanol–water partition coefficient (Wildman–Crippen LogP) is 4.69. The highest BCUT2D eigenvalue weighted by atomic mass is 19.4. The third-order valence-corrected chi connectivity index (χ3v) is 7.90. The van der Waals surface area contributed by atoms with Crippen LogP contribution in [-0.4, -0.2) is 53.4 Å². The third-order valence-electron chi connectivity index (χ3n) is 7.90. The molecule has 2 heterocycles. The van der Waals surface area contributed by atoms with Gasteiger partial charge in [-0.15, -0.1) is 0 Å². The minimum atomic E-state index is -4.44. The summed E-state index contributed by atoms with van der Waals surface area (Å²) in [5.74, 6) is 0.146. The van der Waals surface area contributed by atoms with Gasteiger partial charge in [-0.1, -0.05) is 19.8 Å². The molecule has 4 rings (SSSR count). The number of fused-ring (bicyclic) bond motifs is 1. The molecule has 1 aliphatic heterocycles. The lowest BCUT2D eigenvalue weighted by molar-refractivity contribution is -0.138. The first-order valence-corrected chi connectivity index (χ1v) is 13.4. The molecule has 1 amide bonds. The van der Waals surface area contributed by atoms with Gasteiger partial charge < -0.3 is 15.0 Å². The molecule has 0 spiro atoms. The van der Waals surface area contributed by atoms with Crippen LogP contribution in [0.25, 0.3) is 0 Å². The Bertz CT molecular complexity index is 923. The highest BCUT2D eigenvalue weighted by molar-refractivity contribution is 5.82. The molecule has 36 heavy (non-hydrogen) atoms. The minimum absolute atomic E-state index is 0.0318. The smallest absolute Gasteiger partial charge is 0.374 e. The van der Waals surface area contributed by atoms with E-state index in [1.54, 1.807) is 4.90 Å². The first-order valence-electron chi connectivity index (χ1n) is 13.4. The first kappa shape index (κ1) is 27.0. The average molecular weight is 510 g/mol. The fourth-order valence-corrected chi connectivity index (χ4v) is 5.96. The zero-order valence-corrected chi connectivity index (χ0v) is 21.1. The third kappa shape index (κ3) is 6.85. The average Bonchev–Trinajstić information content (AvgIpc) is 3.19. The number of aromatic nitrogens is 1. The van der Waals surface area contributed by atoms with Gasteiger partial charge in [-0.25, -0.2) is 0 Å². The lowest BCUT2D eigenvalue weighted by Crippen LogP contribution is -2.41. The maximum atomic E-state index is 13.2. The standard InChI is InChI=1S/C27H38F3N3O3/c1-2-11-36-17-25(34)18-5-3-4-6-22(13-18)32-23-8-7-19(14-23)26(35)33-10-9-24-20(16-33)12-21(15-31-24)27(28,29)30/h12,15,18-19,22-23,32H,2-11,13-14,16-17H2,1H3. The Hall–Kier alpha value is -2.00. The number of halogens is 3. The fraction of sp³-hybridized carbons (Fsp3) is 0.741. The molecule has 0 radical (unpaired) electrons. The normalized spacial score (nSPS) is 26.9. The van der Waals surface area contributed by atoms with Gasteiger partial charge in [0.1, 0.15) is 6.61 Å². The number of ketones is 1. The molecule has 3 aliphatic rings. The maximum Gasteiger partial charge on any atom is 0.417 e. The van der Waals surface area contributed by atoms with Gasteiger partial charge in [0.25, 0.3) is 0 Å². The predicted molar refractivity (Wildman–Crippen MR) is 129 cm³/mol. The van der Waals surface area contributed by atoms with E-state index >= 15 is 0 Å². The van der Waals surface area contributed by atoms with Gasteiger partial charge >= 0.3 is 6.18 Å². The Morgan fingerprint density at radius 2 is 1.86 bits per heavy atom. The molecule has 2 fully saturated rings. The minimum Gasteiger partial charge on any atom is -0.374 e. The number of ether oxygens (including phenoxy) is 1. The van der Waals surface area contributed by atoms with E-state index in [0.717, 1.165) is 70.1 Å². The summed E-state index contributed by atoms with van der Waals surface area (Å²) in [5, 5.41) is 3.74. The van der Waals surface area contributed by atoms with Crippen LogP contribution in [0.1, 0.15) is 81.5 Å². The van der Waals surface area contributed by atoms with Crippen molar-refractivity contribution in [2.75, 3.05) is 19.8 Å². The van der Waals surface area contributed by atoms with Crippen LogP contribution >= 0.6 is 0 Å². The van der Waals surface area contributed by atoms with E-state index in [2.05, 4.69) is 10.3 Å². The number of hydrogen-bond donors (Lipinski definition) is 1. The van der Waals surface area contributed by atoms with E-state index in [0.29, 0.717) is 30.8 Å². The van der Waals surface area contributed by atoms with Crippen LogP contribution in [0.2, 0.25) is 0 Å². The van der Waals surface area contributed by atoms with Crippen molar-refractivity contribution in [3.05, 3.63) is 29.1 Å². The molecule has 2 aliphatic carbocycles. The van der Waals surface area contributed by atoms with Crippen molar-refractivity contribution in [3.63, 3.8) is 0 Å². The monoisotopic (exact) mass is 509 g/mol. The highest BCUT2D eigenvalue weighted by Gasteiger charge is 2.37. The number of pyridine rings is 1. The van der Waals surface area contributed by atoms with Crippen molar-refractivity contribution >= 4 is 11.7 Å². The highest BCUT2D eigenvalue weighted by Crippen LogP contribution is 2.34. The second kappa shape index (κ2) is 12.0. The van der Waals surface area contributed by atoms with Crippen LogP contribution in [-0.2, 0) is 33.5 Å². The fourth-order valence-electron chi connectivity index (χ4n) is 5.96. The molecule has 6 nitrogen and oxygen atoms in total. The van der Waals surface area contributed by atoms with E-state index in [4.69, 9.17) is 4.74 Å². The van der Waals surface area contributed by atoms with Crippen molar-refractivity contribution in [2.45, 2.75) is 95.9 Å². The van der Waals surface area contributed by atoms with Crippen molar-refractivity contribution < 1.29 is 27.5 Å². The summed E-state index contributed by atoms with van der Waals surface area (Å²) in [5.41, 5.74) is 0.377. The number of Topliss-reactive ketones (excluding diaryl/α,β-unsaturated/α-hetero) is 1. The van der Waals surface area contributed by atoms with Crippen molar-refractivity contribution in [1.82, 2.24) is 15.2 Å². The molecule has 1 aromatic rings. The van der Waals surface area contributed by atoms with Crippen molar-refractivity contribution in [2.24, 2.45) is 11.8 Å². The molecule has 0 bridgehead atoms. The lowest BCUT2D eigenvalue weighted by Gasteiger charge is -2.31. The van der Waals surface area contributed by atoms with Gasteiger partial charge in [0.05, 0.1) is 5.56 Å². The summed E-state index contributed by atoms with van der Waals surface area (Å²) in [6, 6.07) is 1.63. The molecule has 2 saturated carbocycles. The summed E-state index contributed by atoms with van der Waals surface area (Å²) in [4.78, 5) is 31.6. The van der Waals surface area contributed by atoms with Crippen LogP contribution in [0.15, 0.2) is 12.3 Å². The quantitative estimate of drug-likeness (QED) is 0.407. The van der Waals surface area contributed by atoms with Crippen molar-refractivity contribution in [3.8, 4) is 0 Å². The SMILES string of the molecule is CCCOCC(=O)C1CCCCC(NC2CCC(C(=O)N3CCc4ncc(C(F)(F)F)cc4C3)C2)C1. The topological polar surface area (TPSA) is 71.5 Å². The number of nitrogens with one attached hydrogen (secondary N) is 1. The maximum absolute atomic E-state index is 13.2. The number of hydrogen-bond acceptors (Lipinski definition) is 5. The van der Waals surface area contributed by atoms with Gasteiger partial charge in [0.15, 0.2) is 5.78 Å². The second-order valence-corrected chi connectivity index (χ2v) is 10.6. The van der Waals surface area contributed by atoms with Gasteiger partial charge in [0.2, 0.25) is 5.91 Å². The summed E-state index contributed by atoms with van der Waals surface area (Å²) >= 11 is 0. The Labute approximate surface area is 211 Å². The van der Waals surface area contributed by atoms with Crippen molar-refractivity contribution in [1.29, 1.82) is 0 Å². The number of rotatable bonds is 8. The molecule has 9 heteroatoms. The summed E-state index contributed by atoms with van der Waals surface area (Å²) in [6.07, 6.45) is 5.14. The van der Waals surface area contributed by atoms with E-state index < -0.39 is 11.7 Å². The Morgan fingerprint density at radius 1 is 1.11 bits per heavy atom. The molecule has 0 aromatic carbocycles. The van der Waals surface area contributed by atoms with E-state index in [9.17, 15) is 22.8 Å².